The van der Waals surface area contributed by atoms with Crippen molar-refractivity contribution < 1.29 is 4.79 Å². The number of benzene rings is 2. The molecule has 4 aromatic rings. The van der Waals surface area contributed by atoms with Crippen LogP contribution in [0.1, 0.15) is 47.7 Å². The monoisotopic (exact) mass is 440 g/mol. The number of hydrogen-bond acceptors (Lipinski definition) is 3. The van der Waals surface area contributed by atoms with Gasteiger partial charge in [0.05, 0.1) is 17.8 Å². The number of fused-ring (bicyclic) bond motifs is 2. The zero-order valence-corrected chi connectivity index (χ0v) is 19.0. The summed E-state index contributed by atoms with van der Waals surface area (Å²) < 4.78 is 3.57. The molecule has 0 aliphatic heterocycles. The van der Waals surface area contributed by atoms with E-state index >= 15 is 0 Å². The van der Waals surface area contributed by atoms with Crippen LogP contribution in [0.25, 0.3) is 16.7 Å². The molecule has 0 saturated heterocycles. The van der Waals surface area contributed by atoms with E-state index in [1.807, 2.05) is 60.9 Å². The summed E-state index contributed by atoms with van der Waals surface area (Å²) in [4.78, 5) is 30.6. The third-order valence-electron chi connectivity index (χ3n) is 6.78. The molecular formula is C27H28N4O2. The number of hydrogen-bond donors (Lipinski definition) is 1. The Morgan fingerprint density at radius 2 is 1.85 bits per heavy atom. The van der Waals surface area contributed by atoms with Crippen LogP contribution in [0.4, 0.5) is 0 Å². The lowest BCUT2D eigenvalue weighted by Gasteiger charge is -2.26. The molecule has 2 heterocycles. The molecule has 1 aliphatic carbocycles. The summed E-state index contributed by atoms with van der Waals surface area (Å²) in [6, 6.07) is 18.3. The topological polar surface area (TPSA) is 68.9 Å². The molecule has 5 rings (SSSR count). The number of aromatic nitrogens is 3. The Morgan fingerprint density at radius 3 is 2.67 bits per heavy atom. The average Bonchev–Trinajstić information content (AvgIpc) is 3.10. The SMILES string of the molecule is Cc1c(C)n(-c2ccccc2)c2ncn(CCC(=O)N[C@H]3CCCc4ccccc43)c(=O)c12. The predicted octanol–water partition coefficient (Wildman–Crippen LogP) is 4.39. The van der Waals surface area contributed by atoms with Crippen molar-refractivity contribution in [2.75, 3.05) is 0 Å². The lowest BCUT2D eigenvalue weighted by Crippen LogP contribution is -2.32. The van der Waals surface area contributed by atoms with E-state index in [4.69, 9.17) is 0 Å². The van der Waals surface area contributed by atoms with Gasteiger partial charge in [-0.15, -0.1) is 0 Å². The van der Waals surface area contributed by atoms with Gasteiger partial charge in [0.2, 0.25) is 5.91 Å². The van der Waals surface area contributed by atoms with Gasteiger partial charge in [0.1, 0.15) is 0 Å². The highest BCUT2D eigenvalue weighted by atomic mass is 16.2. The van der Waals surface area contributed by atoms with Crippen molar-refractivity contribution in [1.29, 1.82) is 0 Å². The van der Waals surface area contributed by atoms with Crippen LogP contribution >= 0.6 is 0 Å². The molecule has 168 valence electrons. The second-order valence-corrected chi connectivity index (χ2v) is 8.78. The molecule has 6 nitrogen and oxygen atoms in total. The number of nitrogens with one attached hydrogen (secondary N) is 1. The predicted molar refractivity (Wildman–Crippen MR) is 130 cm³/mol. The van der Waals surface area contributed by atoms with E-state index < -0.39 is 0 Å². The van der Waals surface area contributed by atoms with Crippen molar-refractivity contribution in [3.8, 4) is 5.69 Å². The number of carbonyl (C=O) groups is 1. The molecule has 0 bridgehead atoms. The number of rotatable bonds is 5. The Kier molecular flexibility index (Phi) is 5.58. The van der Waals surface area contributed by atoms with Crippen LogP contribution in [0.5, 0.6) is 0 Å². The van der Waals surface area contributed by atoms with Crippen LogP contribution in [-0.4, -0.2) is 20.0 Å². The van der Waals surface area contributed by atoms with Crippen molar-refractivity contribution in [3.63, 3.8) is 0 Å². The molecule has 6 heteroatoms. The lowest BCUT2D eigenvalue weighted by molar-refractivity contribution is -0.122. The van der Waals surface area contributed by atoms with Crippen molar-refractivity contribution >= 4 is 16.9 Å². The van der Waals surface area contributed by atoms with E-state index in [9.17, 15) is 9.59 Å². The second kappa shape index (κ2) is 8.70. The lowest BCUT2D eigenvalue weighted by atomic mass is 9.88. The summed E-state index contributed by atoms with van der Waals surface area (Å²) in [5, 5.41) is 3.78. The van der Waals surface area contributed by atoms with Gasteiger partial charge in [-0.05, 0) is 61.9 Å². The van der Waals surface area contributed by atoms with Crippen molar-refractivity contribution in [3.05, 3.63) is 93.7 Å². The first-order chi connectivity index (χ1) is 16.0. The third kappa shape index (κ3) is 3.86. The normalized spacial score (nSPS) is 15.4. The molecule has 1 N–H and O–H groups in total. The quantitative estimate of drug-likeness (QED) is 0.501. The minimum absolute atomic E-state index is 0.0431. The second-order valence-electron chi connectivity index (χ2n) is 8.78. The van der Waals surface area contributed by atoms with E-state index in [0.717, 1.165) is 36.2 Å². The van der Waals surface area contributed by atoms with Gasteiger partial charge in [-0.25, -0.2) is 4.98 Å². The van der Waals surface area contributed by atoms with Gasteiger partial charge in [0.15, 0.2) is 5.65 Å². The molecule has 1 atom stereocenters. The standard InChI is InChI=1S/C27H28N4O2/c1-18-19(2)31(21-11-4-3-5-12-21)26-25(18)27(33)30(17-28-26)16-15-24(32)29-23-14-8-10-20-9-6-7-13-22(20)23/h3-7,9,11-13,17,23H,8,10,14-16H2,1-2H3,(H,29,32)/t23-/m0/s1. The third-order valence-corrected chi connectivity index (χ3v) is 6.78. The number of amides is 1. The molecule has 0 radical (unpaired) electrons. The molecule has 1 aliphatic rings. The fourth-order valence-electron chi connectivity index (χ4n) is 4.93. The number of nitrogens with zero attached hydrogens (tertiary/aromatic N) is 3. The summed E-state index contributed by atoms with van der Waals surface area (Å²) in [6.45, 7) is 4.26. The zero-order valence-electron chi connectivity index (χ0n) is 19.0. The number of carbonyl (C=O) groups excluding carboxylic acids is 1. The van der Waals surface area contributed by atoms with Crippen molar-refractivity contribution in [2.45, 2.75) is 52.1 Å². The van der Waals surface area contributed by atoms with Crippen LogP contribution in [0.15, 0.2) is 65.7 Å². The van der Waals surface area contributed by atoms with Crippen molar-refractivity contribution in [1.82, 2.24) is 19.4 Å². The number of aryl methyl sites for hydroxylation is 3. The van der Waals surface area contributed by atoms with Crippen LogP contribution in [0.2, 0.25) is 0 Å². The Labute approximate surface area is 192 Å². The van der Waals surface area contributed by atoms with Gasteiger partial charge in [0, 0.05) is 24.3 Å². The fourth-order valence-corrected chi connectivity index (χ4v) is 4.93. The summed E-state index contributed by atoms with van der Waals surface area (Å²) in [5.41, 5.74) is 5.97. The molecule has 33 heavy (non-hydrogen) atoms. The smallest absolute Gasteiger partial charge is 0.263 e. The maximum absolute atomic E-state index is 13.3. The molecule has 2 aromatic heterocycles. The highest BCUT2D eigenvalue weighted by Crippen LogP contribution is 2.29. The summed E-state index contributed by atoms with van der Waals surface area (Å²) >= 11 is 0. The molecular weight excluding hydrogens is 412 g/mol. The first-order valence-corrected chi connectivity index (χ1v) is 11.5. The number of para-hydroxylation sites is 1. The minimum atomic E-state index is -0.105. The summed E-state index contributed by atoms with van der Waals surface area (Å²) in [5.74, 6) is -0.0431. The van der Waals surface area contributed by atoms with Gasteiger partial charge in [-0.3, -0.25) is 18.7 Å². The van der Waals surface area contributed by atoms with E-state index in [1.165, 1.54) is 11.1 Å². The Hall–Kier alpha value is -3.67. The van der Waals surface area contributed by atoms with Gasteiger partial charge in [-0.2, -0.15) is 0 Å². The van der Waals surface area contributed by atoms with Crippen molar-refractivity contribution in [2.24, 2.45) is 0 Å². The Bertz CT molecular complexity index is 1380. The molecule has 1 amide bonds. The fraction of sp³-hybridized carbons (Fsp3) is 0.296. The van der Waals surface area contributed by atoms with Crippen LogP contribution in [-0.2, 0) is 17.8 Å². The average molecular weight is 441 g/mol. The van der Waals surface area contributed by atoms with Gasteiger partial charge in [0.25, 0.3) is 5.56 Å². The van der Waals surface area contributed by atoms with E-state index in [2.05, 4.69) is 22.4 Å². The summed E-state index contributed by atoms with van der Waals surface area (Å²) in [7, 11) is 0. The Balaban J connectivity index is 1.36. The zero-order chi connectivity index (χ0) is 22.9. The molecule has 2 aromatic carbocycles. The first kappa shape index (κ1) is 21.2. The highest BCUT2D eigenvalue weighted by Gasteiger charge is 2.22. The Morgan fingerprint density at radius 1 is 1.09 bits per heavy atom. The minimum Gasteiger partial charge on any atom is -0.349 e. The maximum Gasteiger partial charge on any atom is 0.263 e. The van der Waals surface area contributed by atoms with Crippen LogP contribution < -0.4 is 10.9 Å². The molecule has 0 saturated carbocycles. The summed E-state index contributed by atoms with van der Waals surface area (Å²) in [6.07, 6.45) is 4.88. The molecule has 0 fully saturated rings. The molecule has 0 spiro atoms. The van der Waals surface area contributed by atoms with E-state index in [-0.39, 0.29) is 23.9 Å². The van der Waals surface area contributed by atoms with Gasteiger partial charge < -0.3 is 5.32 Å². The van der Waals surface area contributed by atoms with Gasteiger partial charge in [-0.1, -0.05) is 42.5 Å². The van der Waals surface area contributed by atoms with Crippen LogP contribution in [0.3, 0.4) is 0 Å². The highest BCUT2D eigenvalue weighted by molar-refractivity contribution is 5.83. The van der Waals surface area contributed by atoms with E-state index in [1.54, 1.807) is 10.9 Å². The largest absolute Gasteiger partial charge is 0.349 e. The van der Waals surface area contributed by atoms with Gasteiger partial charge >= 0.3 is 0 Å². The first-order valence-electron chi connectivity index (χ1n) is 11.5. The van der Waals surface area contributed by atoms with Crippen LogP contribution in [0, 0.1) is 13.8 Å². The molecule has 0 unspecified atom stereocenters. The van der Waals surface area contributed by atoms with E-state index in [0.29, 0.717) is 17.6 Å². The maximum atomic E-state index is 13.3.